The Bertz CT molecular complexity index is 1320. The monoisotopic (exact) mass is 547 g/mol. The van der Waals surface area contributed by atoms with Gasteiger partial charge in [-0.05, 0) is 57.1 Å². The molecule has 9 nitrogen and oxygen atoms in total. The highest BCUT2D eigenvalue weighted by Crippen LogP contribution is 2.39. The molecule has 0 spiro atoms. The molecule has 1 aliphatic carbocycles. The van der Waals surface area contributed by atoms with E-state index < -0.39 is 11.9 Å². The molecule has 0 saturated carbocycles. The molecule has 192 valence electrons. The summed E-state index contributed by atoms with van der Waals surface area (Å²) in [6.07, 6.45) is 3.31. The van der Waals surface area contributed by atoms with E-state index in [0.717, 1.165) is 35.6 Å². The lowest BCUT2D eigenvalue weighted by Crippen LogP contribution is -2.16. The Labute approximate surface area is 221 Å². The first-order valence-corrected chi connectivity index (χ1v) is 14.3. The number of carbonyl (C=O) groups excluding carboxylic acids is 3. The lowest BCUT2D eigenvalue weighted by atomic mass is 9.88. The van der Waals surface area contributed by atoms with Gasteiger partial charge in [0.1, 0.15) is 5.00 Å². The molecule has 0 fully saturated rings. The molecule has 0 radical (unpaired) electrons. The number of aromatic nitrogens is 3. The number of nitrogens with two attached hydrogens (primary N) is 1. The Morgan fingerprint density at radius 1 is 1.33 bits per heavy atom. The number of ether oxygens (including phenoxy) is 1. The Balaban J connectivity index is 1.54. The minimum Gasteiger partial charge on any atom is -0.465 e. The number of thioether (sulfide) groups is 1. The molecule has 3 heterocycles. The van der Waals surface area contributed by atoms with E-state index in [0.29, 0.717) is 16.6 Å². The Morgan fingerprint density at radius 2 is 2.08 bits per heavy atom. The second-order valence-corrected chi connectivity index (χ2v) is 12.0. The number of rotatable bonds is 8. The topological polar surface area (TPSA) is 129 Å². The third-order valence-corrected chi connectivity index (χ3v) is 9.38. The molecule has 3 aromatic rings. The molecule has 4 rings (SSSR count). The second kappa shape index (κ2) is 10.7. The average molecular weight is 548 g/mol. The van der Waals surface area contributed by atoms with Gasteiger partial charge in [-0.2, -0.15) is 0 Å². The molecule has 0 aliphatic heterocycles. The summed E-state index contributed by atoms with van der Waals surface area (Å²) < 4.78 is 6.89. The van der Waals surface area contributed by atoms with Crippen LogP contribution in [0.1, 0.15) is 69.3 Å². The van der Waals surface area contributed by atoms with Crippen LogP contribution in [0.3, 0.4) is 0 Å². The lowest BCUT2D eigenvalue weighted by Gasteiger charge is -2.19. The first-order valence-electron chi connectivity index (χ1n) is 11.6. The number of thiophene rings is 2. The fourth-order valence-electron chi connectivity index (χ4n) is 4.37. The zero-order valence-corrected chi connectivity index (χ0v) is 23.3. The van der Waals surface area contributed by atoms with Gasteiger partial charge in [0.25, 0.3) is 5.91 Å². The summed E-state index contributed by atoms with van der Waals surface area (Å²) in [7, 11) is 1.24. The molecule has 0 aromatic carbocycles. The van der Waals surface area contributed by atoms with Crippen molar-refractivity contribution in [1.82, 2.24) is 14.8 Å². The molecule has 12 heteroatoms. The van der Waals surface area contributed by atoms with Gasteiger partial charge in [0, 0.05) is 21.9 Å². The molecule has 3 N–H and O–H groups in total. The summed E-state index contributed by atoms with van der Waals surface area (Å²) >= 11 is 4.03. The van der Waals surface area contributed by atoms with Gasteiger partial charge in [0.2, 0.25) is 5.91 Å². The number of esters is 1. The molecular weight excluding hydrogens is 518 g/mol. The van der Waals surface area contributed by atoms with Crippen LogP contribution in [0.15, 0.2) is 10.5 Å². The maximum atomic E-state index is 12.8. The minimum atomic E-state index is -0.667. The molecule has 0 saturated heterocycles. The Hall–Kier alpha value is -2.70. The average Bonchev–Trinajstić information content (AvgIpc) is 3.51. The van der Waals surface area contributed by atoms with E-state index in [9.17, 15) is 14.4 Å². The van der Waals surface area contributed by atoms with Crippen LogP contribution in [-0.4, -0.2) is 45.4 Å². The van der Waals surface area contributed by atoms with Crippen molar-refractivity contribution in [3.63, 3.8) is 0 Å². The van der Waals surface area contributed by atoms with Gasteiger partial charge in [-0.3, -0.25) is 14.2 Å². The van der Waals surface area contributed by atoms with Crippen molar-refractivity contribution in [2.24, 2.45) is 11.7 Å². The van der Waals surface area contributed by atoms with E-state index in [1.54, 1.807) is 18.3 Å². The molecule has 1 unspecified atom stereocenters. The molecule has 1 aliphatic rings. The maximum absolute atomic E-state index is 12.8. The van der Waals surface area contributed by atoms with Gasteiger partial charge in [0.05, 0.1) is 23.3 Å². The molecular formula is C24H29N5O4S3. The third kappa shape index (κ3) is 5.07. The number of anilines is 1. The number of carbonyl (C=O) groups is 3. The number of hydrogen-bond donors (Lipinski definition) is 2. The number of fused-ring (bicyclic) bond motifs is 1. The van der Waals surface area contributed by atoms with Gasteiger partial charge in [-0.15, -0.1) is 32.9 Å². The highest BCUT2D eigenvalue weighted by Gasteiger charge is 2.27. The fraction of sp³-hybridized carbons (Fsp3) is 0.458. The minimum absolute atomic E-state index is 0.0492. The number of primary amides is 1. The van der Waals surface area contributed by atoms with Crippen LogP contribution in [0.5, 0.6) is 0 Å². The molecule has 3 aromatic heterocycles. The van der Waals surface area contributed by atoms with E-state index in [2.05, 4.69) is 46.2 Å². The summed E-state index contributed by atoms with van der Waals surface area (Å²) in [6.45, 7) is 8.03. The van der Waals surface area contributed by atoms with Gasteiger partial charge < -0.3 is 15.8 Å². The van der Waals surface area contributed by atoms with Crippen LogP contribution in [0.2, 0.25) is 0 Å². The highest BCUT2D eigenvalue weighted by molar-refractivity contribution is 7.99. The number of amides is 2. The first kappa shape index (κ1) is 26.4. The normalized spacial score (nSPS) is 15.1. The van der Waals surface area contributed by atoms with Gasteiger partial charge >= 0.3 is 5.97 Å². The third-order valence-electron chi connectivity index (χ3n) is 6.17. The Morgan fingerprint density at radius 3 is 2.75 bits per heavy atom. The van der Waals surface area contributed by atoms with Crippen LogP contribution in [0.25, 0.3) is 11.4 Å². The van der Waals surface area contributed by atoms with Crippen molar-refractivity contribution in [3.8, 4) is 11.4 Å². The Kier molecular flexibility index (Phi) is 7.86. The van der Waals surface area contributed by atoms with Crippen LogP contribution < -0.4 is 11.1 Å². The zero-order chi connectivity index (χ0) is 26.1. The summed E-state index contributed by atoms with van der Waals surface area (Å²) in [6, 6.07) is 0.0997. The van der Waals surface area contributed by atoms with E-state index in [1.807, 2.05) is 0 Å². The van der Waals surface area contributed by atoms with Crippen molar-refractivity contribution in [2.45, 2.75) is 58.2 Å². The zero-order valence-electron chi connectivity index (χ0n) is 20.8. The van der Waals surface area contributed by atoms with Gasteiger partial charge in [0.15, 0.2) is 11.0 Å². The van der Waals surface area contributed by atoms with Crippen LogP contribution in [0.4, 0.5) is 5.00 Å². The maximum Gasteiger partial charge on any atom is 0.341 e. The molecule has 1 atom stereocenters. The van der Waals surface area contributed by atoms with Crippen molar-refractivity contribution in [1.29, 1.82) is 0 Å². The SMILES string of the molecule is COC(=O)c1c(NC(=O)CSc2nnc(-c3csc4c3CCC(C)C4)n2C(C)C)sc(C(N)=O)c1C. The summed E-state index contributed by atoms with van der Waals surface area (Å²) in [5, 5.41) is 14.7. The smallest absolute Gasteiger partial charge is 0.341 e. The van der Waals surface area contributed by atoms with Crippen LogP contribution in [-0.2, 0) is 22.4 Å². The summed E-state index contributed by atoms with van der Waals surface area (Å²) in [4.78, 5) is 38.5. The van der Waals surface area contributed by atoms with E-state index in [1.165, 1.54) is 35.7 Å². The quantitative estimate of drug-likeness (QED) is 0.309. The largest absolute Gasteiger partial charge is 0.465 e. The highest BCUT2D eigenvalue weighted by atomic mass is 32.2. The number of nitrogens with zero attached hydrogens (tertiary/aromatic N) is 3. The predicted octanol–water partition coefficient (Wildman–Crippen LogP) is 4.70. The molecule has 36 heavy (non-hydrogen) atoms. The molecule has 2 amide bonds. The summed E-state index contributed by atoms with van der Waals surface area (Å²) in [5.74, 6) is -0.0789. The van der Waals surface area contributed by atoms with Crippen molar-refractivity contribution >= 4 is 57.2 Å². The standard InChI is InChI=1S/C24H29N5O4S3/c1-11(2)29-21(15-9-34-16-8-12(3)6-7-14(15)16)27-28-24(29)35-10-17(30)26-22-18(23(32)33-5)13(4)19(36-22)20(25)31/h9,11-12H,6-8,10H2,1-5H3,(H2,25,31)(H,26,30). The number of hydrogen-bond acceptors (Lipinski definition) is 9. The van der Waals surface area contributed by atoms with Gasteiger partial charge in [-0.1, -0.05) is 18.7 Å². The number of methoxy groups -OCH3 is 1. The fourth-order valence-corrected chi connectivity index (χ4v) is 7.54. The molecule has 0 bridgehead atoms. The van der Waals surface area contributed by atoms with Crippen molar-refractivity contribution in [3.05, 3.63) is 31.8 Å². The van der Waals surface area contributed by atoms with Crippen LogP contribution >= 0.6 is 34.4 Å². The van der Waals surface area contributed by atoms with E-state index in [-0.39, 0.29) is 33.1 Å². The van der Waals surface area contributed by atoms with Crippen molar-refractivity contribution in [2.75, 3.05) is 18.2 Å². The second-order valence-electron chi connectivity index (χ2n) is 9.12. The first-order chi connectivity index (χ1) is 17.1. The van der Waals surface area contributed by atoms with Gasteiger partial charge in [-0.25, -0.2) is 4.79 Å². The van der Waals surface area contributed by atoms with Crippen molar-refractivity contribution < 1.29 is 19.1 Å². The van der Waals surface area contributed by atoms with E-state index in [4.69, 9.17) is 10.5 Å². The van der Waals surface area contributed by atoms with Crippen LogP contribution in [0, 0.1) is 12.8 Å². The summed E-state index contributed by atoms with van der Waals surface area (Å²) in [5.41, 5.74) is 8.46. The lowest BCUT2D eigenvalue weighted by molar-refractivity contribution is -0.113. The predicted molar refractivity (Wildman–Crippen MR) is 143 cm³/mol. The number of nitrogens with one attached hydrogen (secondary N) is 1. The van der Waals surface area contributed by atoms with E-state index >= 15 is 0 Å².